The number of carboxylic acids is 1. The molecule has 0 bridgehead atoms. The van der Waals surface area contributed by atoms with Crippen molar-refractivity contribution in [3.05, 3.63) is 0 Å². The predicted octanol–water partition coefficient (Wildman–Crippen LogP) is 0.130. The van der Waals surface area contributed by atoms with Crippen LogP contribution in [0, 0.1) is 11.8 Å². The Morgan fingerprint density at radius 3 is 2.64 bits per heavy atom. The van der Waals surface area contributed by atoms with Gasteiger partial charge in [-0.3, -0.25) is 9.69 Å². The largest absolute Gasteiger partial charge is 0.481 e. The molecular weight excluding hydrogens is 180 g/mol. The third-order valence-corrected chi connectivity index (χ3v) is 3.67. The standard InChI is InChI=1S/C10H18N2O2/c11-5-7-3-4-12(6-7)9-2-1-8(9)10(13)14/h7-9H,1-6,11H2,(H,13,14). The van der Waals surface area contributed by atoms with Gasteiger partial charge in [-0.05, 0) is 38.3 Å². The number of aliphatic carboxylic acids is 1. The van der Waals surface area contributed by atoms with Crippen molar-refractivity contribution in [2.45, 2.75) is 25.3 Å². The molecule has 4 nitrogen and oxygen atoms in total. The first-order valence-electron chi connectivity index (χ1n) is 5.39. The highest BCUT2D eigenvalue weighted by Crippen LogP contribution is 2.35. The lowest BCUT2D eigenvalue weighted by molar-refractivity contribution is -0.148. The molecule has 1 saturated carbocycles. The van der Waals surface area contributed by atoms with E-state index in [2.05, 4.69) is 4.90 Å². The van der Waals surface area contributed by atoms with Crippen molar-refractivity contribution in [1.82, 2.24) is 4.90 Å². The molecule has 2 fully saturated rings. The first-order chi connectivity index (χ1) is 6.72. The summed E-state index contributed by atoms with van der Waals surface area (Å²) in [4.78, 5) is 13.2. The van der Waals surface area contributed by atoms with Crippen molar-refractivity contribution in [3.8, 4) is 0 Å². The van der Waals surface area contributed by atoms with Crippen LogP contribution in [-0.2, 0) is 4.79 Å². The van der Waals surface area contributed by atoms with Gasteiger partial charge in [-0.2, -0.15) is 0 Å². The van der Waals surface area contributed by atoms with E-state index in [0.717, 1.165) is 38.9 Å². The van der Waals surface area contributed by atoms with E-state index in [-0.39, 0.29) is 5.92 Å². The van der Waals surface area contributed by atoms with Crippen LogP contribution in [0.1, 0.15) is 19.3 Å². The number of carboxylic acid groups (broad SMARTS) is 1. The number of hydrogen-bond donors (Lipinski definition) is 2. The third kappa shape index (κ3) is 1.64. The fourth-order valence-corrected chi connectivity index (χ4v) is 2.56. The molecule has 0 aromatic carbocycles. The lowest BCUT2D eigenvalue weighted by Crippen LogP contribution is -2.49. The van der Waals surface area contributed by atoms with Crippen LogP contribution in [0.5, 0.6) is 0 Å². The highest BCUT2D eigenvalue weighted by Gasteiger charge is 2.42. The minimum atomic E-state index is -0.627. The van der Waals surface area contributed by atoms with Gasteiger partial charge in [0.25, 0.3) is 0 Å². The van der Waals surface area contributed by atoms with Gasteiger partial charge in [-0.1, -0.05) is 0 Å². The van der Waals surface area contributed by atoms with E-state index in [9.17, 15) is 4.79 Å². The number of hydrogen-bond acceptors (Lipinski definition) is 3. The van der Waals surface area contributed by atoms with Gasteiger partial charge >= 0.3 is 5.97 Å². The SMILES string of the molecule is NCC1CCN(C2CCC2C(=O)O)C1. The van der Waals surface area contributed by atoms with Gasteiger partial charge < -0.3 is 10.8 Å². The van der Waals surface area contributed by atoms with Crippen molar-refractivity contribution in [2.75, 3.05) is 19.6 Å². The van der Waals surface area contributed by atoms with Crippen LogP contribution in [0.4, 0.5) is 0 Å². The van der Waals surface area contributed by atoms with Crippen LogP contribution in [0.2, 0.25) is 0 Å². The Hall–Kier alpha value is -0.610. The Morgan fingerprint density at radius 1 is 1.43 bits per heavy atom. The molecule has 2 aliphatic rings. The Labute approximate surface area is 84.1 Å². The van der Waals surface area contributed by atoms with Crippen molar-refractivity contribution in [2.24, 2.45) is 17.6 Å². The Morgan fingerprint density at radius 2 is 2.21 bits per heavy atom. The molecule has 4 heteroatoms. The van der Waals surface area contributed by atoms with Crippen LogP contribution < -0.4 is 5.73 Å². The van der Waals surface area contributed by atoms with Crippen LogP contribution in [0.3, 0.4) is 0 Å². The Balaban J connectivity index is 1.88. The Bertz CT molecular complexity index is 232. The van der Waals surface area contributed by atoms with Gasteiger partial charge in [-0.25, -0.2) is 0 Å². The van der Waals surface area contributed by atoms with E-state index >= 15 is 0 Å². The molecule has 1 saturated heterocycles. The first-order valence-corrected chi connectivity index (χ1v) is 5.39. The minimum Gasteiger partial charge on any atom is -0.481 e. The van der Waals surface area contributed by atoms with Crippen LogP contribution in [0.25, 0.3) is 0 Å². The molecule has 0 aromatic heterocycles. The number of nitrogens with two attached hydrogens (primary N) is 1. The van der Waals surface area contributed by atoms with Gasteiger partial charge in [0.15, 0.2) is 0 Å². The summed E-state index contributed by atoms with van der Waals surface area (Å²) in [6.45, 7) is 2.78. The zero-order valence-electron chi connectivity index (χ0n) is 8.35. The number of rotatable bonds is 3. The minimum absolute atomic E-state index is 0.119. The molecule has 3 unspecified atom stereocenters. The van der Waals surface area contributed by atoms with Gasteiger partial charge in [-0.15, -0.1) is 0 Å². The summed E-state index contributed by atoms with van der Waals surface area (Å²) in [5.41, 5.74) is 5.61. The van der Waals surface area contributed by atoms with Crippen molar-refractivity contribution in [1.29, 1.82) is 0 Å². The average molecular weight is 198 g/mol. The van der Waals surface area contributed by atoms with Crippen molar-refractivity contribution in [3.63, 3.8) is 0 Å². The molecule has 3 atom stereocenters. The van der Waals surface area contributed by atoms with E-state index in [1.807, 2.05) is 0 Å². The summed E-state index contributed by atoms with van der Waals surface area (Å²) in [5.74, 6) is -0.158. The quantitative estimate of drug-likeness (QED) is 0.676. The van der Waals surface area contributed by atoms with E-state index in [1.165, 1.54) is 0 Å². The van der Waals surface area contributed by atoms with Crippen LogP contribution in [-0.4, -0.2) is 41.7 Å². The lowest BCUT2D eigenvalue weighted by Gasteiger charge is -2.40. The number of likely N-dealkylation sites (tertiary alicyclic amines) is 1. The molecule has 14 heavy (non-hydrogen) atoms. The predicted molar refractivity (Wildman–Crippen MR) is 52.9 cm³/mol. The fourth-order valence-electron chi connectivity index (χ4n) is 2.56. The summed E-state index contributed by atoms with van der Waals surface area (Å²) >= 11 is 0. The second-order valence-corrected chi connectivity index (χ2v) is 4.47. The maximum atomic E-state index is 10.8. The molecule has 3 N–H and O–H groups in total. The average Bonchev–Trinajstić information content (AvgIpc) is 2.49. The van der Waals surface area contributed by atoms with Crippen molar-refractivity contribution < 1.29 is 9.90 Å². The van der Waals surface area contributed by atoms with E-state index in [4.69, 9.17) is 10.8 Å². The molecule has 2 rings (SSSR count). The summed E-state index contributed by atoms with van der Waals surface area (Å²) in [6.07, 6.45) is 3.04. The molecule has 1 aliphatic heterocycles. The van der Waals surface area contributed by atoms with E-state index in [0.29, 0.717) is 12.0 Å². The zero-order valence-corrected chi connectivity index (χ0v) is 8.35. The summed E-state index contributed by atoms with van der Waals surface area (Å²) in [7, 11) is 0. The van der Waals surface area contributed by atoms with Gasteiger partial charge in [0.05, 0.1) is 5.92 Å². The molecule has 80 valence electrons. The van der Waals surface area contributed by atoms with Gasteiger partial charge in [0.1, 0.15) is 0 Å². The second-order valence-electron chi connectivity index (χ2n) is 4.47. The molecule has 0 amide bonds. The van der Waals surface area contributed by atoms with E-state index < -0.39 is 5.97 Å². The topological polar surface area (TPSA) is 66.6 Å². The highest BCUT2D eigenvalue weighted by atomic mass is 16.4. The maximum Gasteiger partial charge on any atom is 0.308 e. The summed E-state index contributed by atoms with van der Waals surface area (Å²) in [6, 6.07) is 0.295. The summed E-state index contributed by atoms with van der Waals surface area (Å²) < 4.78 is 0. The third-order valence-electron chi connectivity index (χ3n) is 3.67. The monoisotopic (exact) mass is 198 g/mol. The fraction of sp³-hybridized carbons (Fsp3) is 0.900. The van der Waals surface area contributed by atoms with Crippen LogP contribution >= 0.6 is 0 Å². The first kappa shape index (κ1) is 9.93. The Kier molecular flexibility index (Phi) is 2.74. The second kappa shape index (κ2) is 3.87. The zero-order chi connectivity index (χ0) is 10.1. The molecule has 0 radical (unpaired) electrons. The molecule has 1 aliphatic carbocycles. The molecular formula is C10H18N2O2. The van der Waals surface area contributed by atoms with Crippen LogP contribution in [0.15, 0.2) is 0 Å². The molecule has 1 heterocycles. The highest BCUT2D eigenvalue weighted by molar-refractivity contribution is 5.72. The van der Waals surface area contributed by atoms with Crippen molar-refractivity contribution >= 4 is 5.97 Å². The normalized spacial score (nSPS) is 38.2. The number of nitrogens with zero attached hydrogens (tertiary/aromatic N) is 1. The van der Waals surface area contributed by atoms with E-state index in [1.54, 1.807) is 0 Å². The molecule has 0 spiro atoms. The summed E-state index contributed by atoms with van der Waals surface area (Å²) in [5, 5.41) is 8.94. The maximum absolute atomic E-state index is 10.8. The lowest BCUT2D eigenvalue weighted by atomic mass is 9.78. The smallest absolute Gasteiger partial charge is 0.308 e. The van der Waals surface area contributed by atoms with Gasteiger partial charge in [0, 0.05) is 12.6 Å². The van der Waals surface area contributed by atoms with Gasteiger partial charge in [0.2, 0.25) is 0 Å². The number of carbonyl (C=O) groups is 1. The molecule has 0 aromatic rings.